The molecule has 0 aliphatic carbocycles. The highest BCUT2D eigenvalue weighted by Gasteiger charge is 2.34. The Kier molecular flexibility index (Phi) is 6.48. The lowest BCUT2D eigenvalue weighted by Crippen LogP contribution is -2.37. The van der Waals surface area contributed by atoms with Gasteiger partial charge in [0.05, 0.1) is 16.9 Å². The van der Waals surface area contributed by atoms with E-state index < -0.39 is 22.0 Å². The second-order valence-electron chi connectivity index (χ2n) is 6.14. The maximum atomic E-state index is 12.5. The Morgan fingerprint density at radius 1 is 1.23 bits per heavy atom. The number of ether oxygens (including phenoxy) is 1. The average Bonchev–Trinajstić information content (AvgIpc) is 3.01. The maximum absolute atomic E-state index is 12.5. The number of benzene rings is 2. The van der Waals surface area contributed by atoms with Crippen LogP contribution in [0.2, 0.25) is 0 Å². The highest BCUT2D eigenvalue weighted by atomic mass is 32.2. The van der Waals surface area contributed by atoms with Crippen molar-refractivity contribution in [1.82, 2.24) is 10.2 Å². The number of hydrogen-bond donors (Lipinski definition) is 1. The molecule has 1 saturated heterocycles. The average molecular weight is 427 g/mol. The van der Waals surface area contributed by atoms with Crippen LogP contribution in [0.15, 0.2) is 53.4 Å². The van der Waals surface area contributed by atoms with Crippen molar-refractivity contribution in [3.05, 3.63) is 74.7 Å². The van der Waals surface area contributed by atoms with Crippen molar-refractivity contribution in [1.29, 1.82) is 0 Å². The summed E-state index contributed by atoms with van der Waals surface area (Å²) in [5.74, 6) is -0.949. The van der Waals surface area contributed by atoms with Gasteiger partial charge in [0.2, 0.25) is 0 Å². The Hall–Kier alpha value is -3.66. The fourth-order valence-electron chi connectivity index (χ4n) is 2.75. The van der Waals surface area contributed by atoms with Gasteiger partial charge in [-0.2, -0.15) is 0 Å². The number of nitrogens with zero attached hydrogens (tertiary/aromatic N) is 2. The van der Waals surface area contributed by atoms with Crippen molar-refractivity contribution in [2.75, 3.05) is 20.2 Å². The van der Waals surface area contributed by atoms with Gasteiger partial charge in [-0.1, -0.05) is 30.3 Å². The zero-order valence-electron chi connectivity index (χ0n) is 15.9. The van der Waals surface area contributed by atoms with Gasteiger partial charge in [0.1, 0.15) is 0 Å². The monoisotopic (exact) mass is 427 g/mol. The van der Waals surface area contributed by atoms with Crippen LogP contribution in [0, 0.1) is 10.1 Å². The molecule has 0 unspecified atom stereocenters. The Morgan fingerprint density at radius 2 is 1.97 bits per heavy atom. The number of nitro groups is 1. The molecular weight excluding hydrogens is 410 g/mol. The van der Waals surface area contributed by atoms with E-state index in [4.69, 9.17) is 4.74 Å². The fourth-order valence-corrected chi connectivity index (χ4v) is 3.62. The first-order valence-corrected chi connectivity index (χ1v) is 9.63. The summed E-state index contributed by atoms with van der Waals surface area (Å²) in [6, 6.07) is 13.0. The third-order valence-corrected chi connectivity index (χ3v) is 5.14. The fraction of sp³-hybridized carbons (Fsp3) is 0.150. The van der Waals surface area contributed by atoms with E-state index in [1.807, 2.05) is 30.3 Å². The van der Waals surface area contributed by atoms with E-state index in [2.05, 4.69) is 5.32 Å². The molecule has 3 rings (SSSR count). The molecule has 0 aromatic heterocycles. The zero-order chi connectivity index (χ0) is 21.7. The van der Waals surface area contributed by atoms with E-state index in [-0.39, 0.29) is 30.1 Å². The summed E-state index contributed by atoms with van der Waals surface area (Å²) in [5.41, 5.74) is 0.542. The molecule has 30 heavy (non-hydrogen) atoms. The van der Waals surface area contributed by atoms with Gasteiger partial charge in [0, 0.05) is 24.7 Å². The van der Waals surface area contributed by atoms with Crippen LogP contribution in [0.3, 0.4) is 0 Å². The minimum atomic E-state index is -0.644. The lowest BCUT2D eigenvalue weighted by molar-refractivity contribution is -0.385. The molecule has 1 aliphatic heterocycles. The molecule has 0 bridgehead atoms. The van der Waals surface area contributed by atoms with Gasteiger partial charge in [0.15, 0.2) is 5.75 Å². The summed E-state index contributed by atoms with van der Waals surface area (Å²) >= 11 is 0.838. The molecule has 10 heteroatoms. The number of amides is 3. The van der Waals surface area contributed by atoms with Gasteiger partial charge in [0.25, 0.3) is 17.1 Å². The van der Waals surface area contributed by atoms with Crippen LogP contribution < -0.4 is 10.1 Å². The maximum Gasteiger partial charge on any atom is 0.311 e. The molecule has 2 aromatic carbocycles. The van der Waals surface area contributed by atoms with Crippen LogP contribution >= 0.6 is 11.8 Å². The van der Waals surface area contributed by atoms with Crippen molar-refractivity contribution >= 4 is 40.6 Å². The number of hydrogen-bond acceptors (Lipinski definition) is 7. The first kappa shape index (κ1) is 21.1. The summed E-state index contributed by atoms with van der Waals surface area (Å²) in [6.07, 6.45) is 1.64. The first-order chi connectivity index (χ1) is 14.4. The topological polar surface area (TPSA) is 119 Å². The number of rotatable bonds is 7. The van der Waals surface area contributed by atoms with Crippen molar-refractivity contribution in [2.24, 2.45) is 0 Å². The zero-order valence-corrected chi connectivity index (χ0v) is 16.7. The van der Waals surface area contributed by atoms with E-state index in [1.54, 1.807) is 6.08 Å². The number of carbonyl (C=O) groups excluding carboxylic acids is 3. The molecule has 2 aromatic rings. The molecule has 1 N–H and O–H groups in total. The predicted molar refractivity (Wildman–Crippen MR) is 111 cm³/mol. The molecular formula is C20H17N3O6S. The Morgan fingerprint density at radius 3 is 2.63 bits per heavy atom. The normalized spacial score (nSPS) is 14.8. The summed E-state index contributed by atoms with van der Waals surface area (Å²) in [7, 11) is 1.30. The molecule has 0 saturated carbocycles. The minimum absolute atomic E-state index is 0.00924. The van der Waals surface area contributed by atoms with Crippen molar-refractivity contribution in [2.45, 2.75) is 0 Å². The largest absolute Gasteiger partial charge is 0.490 e. The molecule has 9 nitrogen and oxygen atoms in total. The van der Waals surface area contributed by atoms with E-state index in [0.29, 0.717) is 4.91 Å². The number of methoxy groups -OCH3 is 1. The lowest BCUT2D eigenvalue weighted by Gasteiger charge is -2.13. The Bertz CT molecular complexity index is 1040. The van der Waals surface area contributed by atoms with E-state index >= 15 is 0 Å². The Balaban J connectivity index is 1.61. The summed E-state index contributed by atoms with van der Waals surface area (Å²) in [6.45, 7) is -0.00387. The molecule has 1 heterocycles. The van der Waals surface area contributed by atoms with E-state index in [0.717, 1.165) is 28.3 Å². The number of imide groups is 1. The standard InChI is InChI=1S/C20H17N3O6S/c1-29-16-8-7-14(12-15(16)23(27)28)18(24)21-9-10-22-19(25)17(30-20(22)26)11-13-5-3-2-4-6-13/h2-8,11-12H,9-10H2,1H3,(H,21,24). The van der Waals surface area contributed by atoms with Crippen LogP contribution in [-0.2, 0) is 4.79 Å². The van der Waals surface area contributed by atoms with Crippen molar-refractivity contribution in [3.63, 3.8) is 0 Å². The summed E-state index contributed by atoms with van der Waals surface area (Å²) in [5, 5.41) is 13.2. The van der Waals surface area contributed by atoms with E-state index in [1.165, 1.54) is 19.2 Å². The SMILES string of the molecule is COc1ccc(C(=O)NCCN2C(=O)SC(=Cc3ccccc3)C2=O)cc1[N+](=O)[O-]. The number of thioether (sulfide) groups is 1. The molecule has 1 aliphatic rings. The second-order valence-corrected chi connectivity index (χ2v) is 7.14. The van der Waals surface area contributed by atoms with Gasteiger partial charge in [-0.25, -0.2) is 0 Å². The minimum Gasteiger partial charge on any atom is -0.490 e. The quantitative estimate of drug-likeness (QED) is 0.410. The highest BCUT2D eigenvalue weighted by molar-refractivity contribution is 8.18. The van der Waals surface area contributed by atoms with Gasteiger partial charge < -0.3 is 10.1 Å². The summed E-state index contributed by atoms with van der Waals surface area (Å²) < 4.78 is 4.90. The molecule has 0 spiro atoms. The van der Waals surface area contributed by atoms with Crippen LogP contribution in [0.25, 0.3) is 6.08 Å². The van der Waals surface area contributed by atoms with Crippen LogP contribution in [-0.4, -0.2) is 47.1 Å². The molecule has 0 radical (unpaired) electrons. The lowest BCUT2D eigenvalue weighted by atomic mass is 10.1. The second kappa shape index (κ2) is 9.23. The van der Waals surface area contributed by atoms with Crippen molar-refractivity contribution in [3.8, 4) is 5.75 Å². The van der Waals surface area contributed by atoms with Crippen molar-refractivity contribution < 1.29 is 24.0 Å². The first-order valence-electron chi connectivity index (χ1n) is 8.81. The molecule has 154 valence electrons. The van der Waals surface area contributed by atoms with Crippen LogP contribution in [0.1, 0.15) is 15.9 Å². The van der Waals surface area contributed by atoms with Gasteiger partial charge >= 0.3 is 5.69 Å². The van der Waals surface area contributed by atoms with Gasteiger partial charge in [-0.3, -0.25) is 29.4 Å². The van der Waals surface area contributed by atoms with E-state index in [9.17, 15) is 24.5 Å². The van der Waals surface area contributed by atoms with Crippen LogP contribution in [0.4, 0.5) is 10.5 Å². The number of nitro benzene ring substituents is 1. The predicted octanol–water partition coefficient (Wildman–Crippen LogP) is 3.07. The summed E-state index contributed by atoms with van der Waals surface area (Å²) in [4.78, 5) is 48.7. The van der Waals surface area contributed by atoms with Gasteiger partial charge in [-0.15, -0.1) is 0 Å². The van der Waals surface area contributed by atoms with Crippen LogP contribution in [0.5, 0.6) is 5.75 Å². The smallest absolute Gasteiger partial charge is 0.311 e. The van der Waals surface area contributed by atoms with Gasteiger partial charge in [-0.05, 0) is 35.5 Å². The highest BCUT2D eigenvalue weighted by Crippen LogP contribution is 2.32. The Labute approximate surface area is 175 Å². The third-order valence-electron chi connectivity index (χ3n) is 4.23. The third kappa shape index (κ3) is 4.66. The number of nitrogens with one attached hydrogen (secondary N) is 1. The molecule has 0 atom stereocenters. The molecule has 3 amide bonds. The molecule has 1 fully saturated rings. The number of carbonyl (C=O) groups is 3.